The van der Waals surface area contributed by atoms with E-state index in [1.807, 2.05) is 32.0 Å². The second-order valence-electron chi connectivity index (χ2n) is 7.06. The van der Waals surface area contributed by atoms with E-state index in [0.717, 1.165) is 0 Å². The molecular formula is C23H24CuN4O4S+2. The Morgan fingerprint density at radius 3 is 2.33 bits per heavy atom. The average Bonchev–Trinajstić information content (AvgIpc) is 3.06. The van der Waals surface area contributed by atoms with E-state index >= 15 is 0 Å². The summed E-state index contributed by atoms with van der Waals surface area (Å²) in [6.07, 6.45) is 1.32. The molecule has 0 fully saturated rings. The van der Waals surface area contributed by atoms with Gasteiger partial charge in [-0.05, 0) is 37.1 Å². The molecule has 1 heterocycles. The van der Waals surface area contributed by atoms with Gasteiger partial charge in [0, 0.05) is 11.7 Å². The molecule has 0 aliphatic carbocycles. The summed E-state index contributed by atoms with van der Waals surface area (Å²) in [7, 11) is 1.22. The van der Waals surface area contributed by atoms with Gasteiger partial charge in [0.2, 0.25) is 5.71 Å². The van der Waals surface area contributed by atoms with Crippen LogP contribution >= 0.6 is 12.2 Å². The maximum absolute atomic E-state index is 13.1. The van der Waals surface area contributed by atoms with Crippen LogP contribution in [0.15, 0.2) is 53.6 Å². The van der Waals surface area contributed by atoms with E-state index in [4.69, 9.17) is 17.0 Å². The first-order valence-electron chi connectivity index (χ1n) is 10.2. The maximum atomic E-state index is 13.1. The van der Waals surface area contributed by atoms with Crippen molar-refractivity contribution in [3.8, 4) is 0 Å². The molecule has 8 nitrogen and oxygen atoms in total. The molecule has 2 aromatic rings. The molecule has 3 rings (SSSR count). The van der Waals surface area contributed by atoms with Gasteiger partial charge in [-0.15, -0.1) is 0 Å². The molecule has 2 aromatic carbocycles. The van der Waals surface area contributed by atoms with Gasteiger partial charge in [-0.3, -0.25) is 19.9 Å². The molecule has 1 radical (unpaired) electrons. The Morgan fingerprint density at radius 1 is 1.06 bits per heavy atom. The molecule has 10 heteroatoms. The van der Waals surface area contributed by atoms with Gasteiger partial charge in [0.25, 0.3) is 11.8 Å². The first-order valence-corrected chi connectivity index (χ1v) is 10.6. The topological polar surface area (TPSA) is 100 Å². The zero-order valence-corrected chi connectivity index (χ0v) is 20.1. The normalized spacial score (nSPS) is 12.8. The van der Waals surface area contributed by atoms with E-state index in [1.54, 1.807) is 30.3 Å². The summed E-state index contributed by atoms with van der Waals surface area (Å²) in [6.45, 7) is 3.87. The van der Waals surface area contributed by atoms with E-state index in [9.17, 15) is 14.4 Å². The Labute approximate surface area is 208 Å². The van der Waals surface area contributed by atoms with Crippen LogP contribution in [0.4, 0.5) is 11.4 Å². The molecule has 2 amide bonds. The number of ether oxygens (including phenoxy) is 1. The number of carbonyl (C=O) groups is 3. The predicted octanol–water partition coefficient (Wildman–Crippen LogP) is 3.85. The number of carbonyl (C=O) groups excluding carboxylic acids is 3. The molecule has 0 spiro atoms. The summed E-state index contributed by atoms with van der Waals surface area (Å²) in [5.41, 5.74) is 4.06. The number of nitrogens with one attached hydrogen (secondary N) is 2. The zero-order valence-electron chi connectivity index (χ0n) is 18.3. The first-order chi connectivity index (χ1) is 15.4. The fourth-order valence-corrected chi connectivity index (χ4v) is 3.74. The standard InChI is InChI=1S/C23H24N4O4S.Cu/c1-4-15(5-2)27-21(28)16-12-9-13-17(18(16)22(27)29)25-26-19(23(30)31-3)20(32)24-14-10-7-6-8-11-14;/h6-13,15,25H,4-5H2,1-3H3,(H,24,32);/q;+2. The van der Waals surface area contributed by atoms with Crippen molar-refractivity contribution in [3.05, 3.63) is 59.7 Å². The number of hydrazone groups is 1. The molecule has 1 aliphatic rings. The summed E-state index contributed by atoms with van der Waals surface area (Å²) in [6, 6.07) is 13.7. The maximum Gasteiger partial charge on any atom is 2.00 e. The van der Waals surface area contributed by atoms with Crippen LogP contribution in [0.2, 0.25) is 0 Å². The molecule has 0 atom stereocenters. The van der Waals surface area contributed by atoms with Gasteiger partial charge in [0.15, 0.2) is 0 Å². The van der Waals surface area contributed by atoms with Crippen LogP contribution in [0.3, 0.4) is 0 Å². The first kappa shape index (κ1) is 26.2. The number of esters is 1. The molecule has 0 aromatic heterocycles. The number of amides is 2. The number of nitrogens with zero attached hydrogens (tertiary/aromatic N) is 2. The molecule has 0 bridgehead atoms. The van der Waals surface area contributed by atoms with E-state index in [0.29, 0.717) is 29.8 Å². The molecule has 0 saturated carbocycles. The second-order valence-corrected chi connectivity index (χ2v) is 7.47. The summed E-state index contributed by atoms with van der Waals surface area (Å²) in [4.78, 5) is 39.6. The fraction of sp³-hybridized carbons (Fsp3) is 0.261. The van der Waals surface area contributed by atoms with E-state index in [2.05, 4.69) is 15.8 Å². The van der Waals surface area contributed by atoms with E-state index < -0.39 is 5.97 Å². The molecule has 0 unspecified atom stereocenters. The third kappa shape index (κ3) is 5.47. The predicted molar refractivity (Wildman–Crippen MR) is 127 cm³/mol. The number of hydrogen-bond acceptors (Lipinski definition) is 7. The number of methoxy groups -OCH3 is 1. The summed E-state index contributed by atoms with van der Waals surface area (Å²) in [5, 5.41) is 7.04. The molecule has 2 N–H and O–H groups in total. The van der Waals surface area contributed by atoms with Crippen LogP contribution in [0.1, 0.15) is 47.4 Å². The average molecular weight is 516 g/mol. The molecule has 33 heavy (non-hydrogen) atoms. The fourth-order valence-electron chi connectivity index (χ4n) is 3.50. The Balaban J connectivity index is 0.00000385. The smallest absolute Gasteiger partial charge is 0.464 e. The van der Waals surface area contributed by atoms with Crippen LogP contribution in [-0.2, 0) is 26.6 Å². The van der Waals surface area contributed by atoms with Crippen LogP contribution in [0, 0.1) is 0 Å². The van der Waals surface area contributed by atoms with Crippen LogP contribution in [-0.4, -0.2) is 46.5 Å². The number of anilines is 2. The number of para-hydroxylation sites is 1. The summed E-state index contributed by atoms with van der Waals surface area (Å²) in [5.74, 6) is -1.47. The second kappa shape index (κ2) is 11.7. The van der Waals surface area contributed by atoms with Gasteiger partial charge < -0.3 is 10.1 Å². The number of benzene rings is 2. The number of rotatable bonds is 8. The van der Waals surface area contributed by atoms with Gasteiger partial charge in [-0.2, -0.15) is 5.10 Å². The zero-order chi connectivity index (χ0) is 23.3. The van der Waals surface area contributed by atoms with Crippen LogP contribution < -0.4 is 10.7 Å². The summed E-state index contributed by atoms with van der Waals surface area (Å²) < 4.78 is 4.80. The van der Waals surface area contributed by atoms with Crippen molar-refractivity contribution in [2.45, 2.75) is 32.7 Å². The Hall–Kier alpha value is -3.07. The van der Waals surface area contributed by atoms with Gasteiger partial charge >= 0.3 is 23.0 Å². The van der Waals surface area contributed by atoms with Crippen LogP contribution in [0.25, 0.3) is 0 Å². The van der Waals surface area contributed by atoms with Crippen molar-refractivity contribution in [1.29, 1.82) is 0 Å². The monoisotopic (exact) mass is 515 g/mol. The minimum absolute atomic E-state index is 0. The van der Waals surface area contributed by atoms with Crippen LogP contribution in [0.5, 0.6) is 0 Å². The number of fused-ring (bicyclic) bond motifs is 1. The van der Waals surface area contributed by atoms with Crippen molar-refractivity contribution >= 4 is 52.1 Å². The van der Waals surface area contributed by atoms with Gasteiger partial charge in [0.05, 0.1) is 23.9 Å². The molecule has 175 valence electrons. The quantitative estimate of drug-likeness (QED) is 0.137. The SMILES string of the molecule is CCC(CC)N1C(=O)c2cccc(NN=C(C(=O)OC)C(=S)Nc3ccccc3)c2C1=O.[Cu+2]. The summed E-state index contributed by atoms with van der Waals surface area (Å²) >= 11 is 5.33. The van der Waals surface area contributed by atoms with E-state index in [-0.39, 0.29) is 51.2 Å². The van der Waals surface area contributed by atoms with Gasteiger partial charge in [-0.25, -0.2) is 4.79 Å². The van der Waals surface area contributed by atoms with Crippen molar-refractivity contribution in [3.63, 3.8) is 0 Å². The minimum Gasteiger partial charge on any atom is -0.464 e. The Kier molecular flexibility index (Phi) is 9.28. The molecular weight excluding hydrogens is 492 g/mol. The third-order valence-corrected chi connectivity index (χ3v) is 5.46. The largest absolute Gasteiger partial charge is 2.00 e. The Bertz CT molecular complexity index is 1090. The number of thiocarbonyl (C=S) groups is 1. The number of imide groups is 1. The van der Waals surface area contributed by atoms with Gasteiger partial charge in [-0.1, -0.05) is 50.3 Å². The van der Waals surface area contributed by atoms with Crippen molar-refractivity contribution in [2.24, 2.45) is 5.10 Å². The molecule has 1 aliphatic heterocycles. The van der Waals surface area contributed by atoms with Gasteiger partial charge in [0.1, 0.15) is 4.99 Å². The molecule has 0 saturated heterocycles. The van der Waals surface area contributed by atoms with E-state index in [1.165, 1.54) is 12.0 Å². The minimum atomic E-state index is -0.750. The van der Waals surface area contributed by atoms with Crippen molar-refractivity contribution < 1.29 is 36.2 Å². The number of hydrogen-bond donors (Lipinski definition) is 2. The van der Waals surface area contributed by atoms with Crippen molar-refractivity contribution in [2.75, 3.05) is 17.9 Å². The Morgan fingerprint density at radius 2 is 1.73 bits per heavy atom. The third-order valence-electron chi connectivity index (χ3n) is 5.17. The van der Waals surface area contributed by atoms with Crippen molar-refractivity contribution in [1.82, 2.24) is 4.90 Å².